The Labute approximate surface area is 159 Å². The van der Waals surface area contributed by atoms with E-state index in [1.807, 2.05) is 55.5 Å². The molecule has 4 nitrogen and oxygen atoms in total. The molecule has 0 unspecified atom stereocenters. The number of nitrogens with zero attached hydrogens (tertiary/aromatic N) is 1. The van der Waals surface area contributed by atoms with E-state index in [1.54, 1.807) is 0 Å². The number of hydrogen-bond acceptors (Lipinski definition) is 3. The number of rotatable bonds is 4. The third-order valence-electron chi connectivity index (χ3n) is 5.39. The summed E-state index contributed by atoms with van der Waals surface area (Å²) in [6.45, 7) is 7.13. The first-order chi connectivity index (χ1) is 13.1. The summed E-state index contributed by atoms with van der Waals surface area (Å²) in [6.07, 6.45) is 2.49. The molecular weight excluding hydrogens is 336 g/mol. The van der Waals surface area contributed by atoms with Crippen LogP contribution in [0.4, 0.5) is 0 Å². The average molecular weight is 362 g/mol. The SMILES string of the molecule is Cc1[nH]c2ccc(Oc3ccccc3)cc2c(=O)c1CN1CCC[C@H](C)C1. The van der Waals surface area contributed by atoms with Gasteiger partial charge in [-0.1, -0.05) is 25.1 Å². The molecule has 0 bridgehead atoms. The molecule has 1 aliphatic rings. The minimum absolute atomic E-state index is 0.109. The third kappa shape index (κ3) is 3.91. The monoisotopic (exact) mass is 362 g/mol. The number of para-hydroxylation sites is 1. The third-order valence-corrected chi connectivity index (χ3v) is 5.39. The number of likely N-dealkylation sites (tertiary alicyclic amines) is 1. The van der Waals surface area contributed by atoms with Gasteiger partial charge < -0.3 is 9.72 Å². The summed E-state index contributed by atoms with van der Waals surface area (Å²) in [5.74, 6) is 2.15. The summed E-state index contributed by atoms with van der Waals surface area (Å²) in [4.78, 5) is 19.0. The second-order valence-corrected chi connectivity index (χ2v) is 7.66. The molecule has 1 atom stereocenters. The fraction of sp³-hybridized carbons (Fsp3) is 0.348. The van der Waals surface area contributed by atoms with Crippen LogP contribution >= 0.6 is 0 Å². The van der Waals surface area contributed by atoms with Crippen LogP contribution in [0.15, 0.2) is 53.3 Å². The van der Waals surface area contributed by atoms with Gasteiger partial charge in [0, 0.05) is 35.2 Å². The van der Waals surface area contributed by atoms with Crippen LogP contribution in [0.2, 0.25) is 0 Å². The number of ether oxygens (including phenoxy) is 1. The first-order valence-corrected chi connectivity index (χ1v) is 9.71. The molecule has 1 aromatic heterocycles. The summed E-state index contributed by atoms with van der Waals surface area (Å²) in [5.41, 5.74) is 2.79. The second kappa shape index (κ2) is 7.57. The molecule has 1 saturated heterocycles. The van der Waals surface area contributed by atoms with Crippen molar-refractivity contribution < 1.29 is 4.74 Å². The lowest BCUT2D eigenvalue weighted by Crippen LogP contribution is -2.35. The van der Waals surface area contributed by atoms with E-state index >= 15 is 0 Å². The zero-order valence-corrected chi connectivity index (χ0v) is 16.0. The van der Waals surface area contributed by atoms with Gasteiger partial charge in [-0.05, 0) is 62.6 Å². The Hall–Kier alpha value is -2.59. The second-order valence-electron chi connectivity index (χ2n) is 7.66. The van der Waals surface area contributed by atoms with Crippen molar-refractivity contribution in [2.24, 2.45) is 5.92 Å². The molecule has 0 radical (unpaired) electrons. The van der Waals surface area contributed by atoms with Gasteiger partial charge >= 0.3 is 0 Å². The van der Waals surface area contributed by atoms with E-state index in [0.29, 0.717) is 23.6 Å². The minimum atomic E-state index is 0.109. The van der Waals surface area contributed by atoms with Gasteiger partial charge in [-0.2, -0.15) is 0 Å². The zero-order valence-electron chi connectivity index (χ0n) is 16.0. The summed E-state index contributed by atoms with van der Waals surface area (Å²) in [5, 5.41) is 0.689. The first kappa shape index (κ1) is 17.8. The molecule has 4 heteroatoms. The van der Waals surface area contributed by atoms with Crippen LogP contribution in [0.25, 0.3) is 10.9 Å². The molecule has 2 heterocycles. The Morgan fingerprint density at radius 1 is 1.15 bits per heavy atom. The maximum Gasteiger partial charge on any atom is 0.194 e. The standard InChI is InChI=1S/C23H26N2O2/c1-16-7-6-12-25(14-16)15-21-17(2)24-22-11-10-19(13-20(22)23(21)26)27-18-8-4-3-5-9-18/h3-5,8-11,13,16H,6-7,12,14-15H2,1-2H3,(H,24,26)/t16-/m0/s1. The largest absolute Gasteiger partial charge is 0.457 e. The normalized spacial score (nSPS) is 17.9. The Morgan fingerprint density at radius 3 is 2.74 bits per heavy atom. The number of aromatic amines is 1. The fourth-order valence-corrected chi connectivity index (χ4v) is 3.96. The number of hydrogen-bond donors (Lipinski definition) is 1. The summed E-state index contributed by atoms with van der Waals surface area (Å²) < 4.78 is 5.91. The van der Waals surface area contributed by atoms with Crippen LogP contribution < -0.4 is 10.2 Å². The number of pyridine rings is 1. The molecular formula is C23H26N2O2. The van der Waals surface area contributed by atoms with Crippen molar-refractivity contribution in [1.82, 2.24) is 9.88 Å². The highest BCUT2D eigenvalue weighted by Gasteiger charge is 2.19. The van der Waals surface area contributed by atoms with E-state index in [4.69, 9.17) is 4.74 Å². The van der Waals surface area contributed by atoms with E-state index in [9.17, 15) is 4.79 Å². The van der Waals surface area contributed by atoms with Gasteiger partial charge in [-0.25, -0.2) is 0 Å². The number of benzene rings is 2. The molecule has 0 aliphatic carbocycles. The van der Waals surface area contributed by atoms with Crippen LogP contribution in [0, 0.1) is 12.8 Å². The van der Waals surface area contributed by atoms with Crippen molar-refractivity contribution in [3.05, 3.63) is 70.0 Å². The van der Waals surface area contributed by atoms with Gasteiger partial charge in [0.25, 0.3) is 0 Å². The molecule has 0 amide bonds. The number of aromatic nitrogens is 1. The van der Waals surface area contributed by atoms with E-state index in [-0.39, 0.29) is 5.43 Å². The lowest BCUT2D eigenvalue weighted by Gasteiger charge is -2.31. The maximum atomic E-state index is 13.2. The Balaban J connectivity index is 1.67. The molecule has 1 fully saturated rings. The van der Waals surface area contributed by atoms with Crippen LogP contribution in [-0.2, 0) is 6.54 Å². The summed E-state index contributed by atoms with van der Waals surface area (Å²) >= 11 is 0. The number of H-pyrrole nitrogens is 1. The number of nitrogens with one attached hydrogen (secondary N) is 1. The maximum absolute atomic E-state index is 13.2. The molecule has 1 N–H and O–H groups in total. The molecule has 140 valence electrons. The number of piperidine rings is 1. The molecule has 2 aromatic carbocycles. The van der Waals surface area contributed by atoms with Crippen molar-refractivity contribution in [3.8, 4) is 11.5 Å². The fourth-order valence-electron chi connectivity index (χ4n) is 3.96. The predicted octanol–water partition coefficient (Wildman–Crippen LogP) is 4.86. The smallest absolute Gasteiger partial charge is 0.194 e. The first-order valence-electron chi connectivity index (χ1n) is 9.71. The van der Waals surface area contributed by atoms with Crippen LogP contribution in [0.5, 0.6) is 11.5 Å². The van der Waals surface area contributed by atoms with Gasteiger partial charge in [-0.15, -0.1) is 0 Å². The van der Waals surface area contributed by atoms with Crippen molar-refractivity contribution >= 4 is 10.9 Å². The molecule has 3 aromatic rings. The minimum Gasteiger partial charge on any atom is -0.457 e. The molecule has 0 spiro atoms. The van der Waals surface area contributed by atoms with Gasteiger partial charge in [0.05, 0.1) is 0 Å². The van der Waals surface area contributed by atoms with Crippen molar-refractivity contribution in [1.29, 1.82) is 0 Å². The number of fused-ring (bicyclic) bond motifs is 1. The molecule has 4 rings (SSSR count). The molecule has 27 heavy (non-hydrogen) atoms. The average Bonchev–Trinajstić information content (AvgIpc) is 2.67. The Kier molecular flexibility index (Phi) is 4.99. The van der Waals surface area contributed by atoms with Crippen molar-refractivity contribution in [2.45, 2.75) is 33.2 Å². The van der Waals surface area contributed by atoms with Gasteiger partial charge in [0.1, 0.15) is 11.5 Å². The predicted molar refractivity (Wildman–Crippen MR) is 109 cm³/mol. The quantitative estimate of drug-likeness (QED) is 0.721. The highest BCUT2D eigenvalue weighted by molar-refractivity contribution is 5.81. The van der Waals surface area contributed by atoms with E-state index < -0.39 is 0 Å². The molecule has 0 saturated carbocycles. The summed E-state index contributed by atoms with van der Waals surface area (Å²) in [6, 6.07) is 15.3. The van der Waals surface area contributed by atoms with E-state index in [2.05, 4.69) is 16.8 Å². The van der Waals surface area contributed by atoms with Crippen LogP contribution in [0.3, 0.4) is 0 Å². The van der Waals surface area contributed by atoms with Crippen LogP contribution in [0.1, 0.15) is 31.0 Å². The van der Waals surface area contributed by atoms with Gasteiger partial charge in [0.15, 0.2) is 5.43 Å². The van der Waals surface area contributed by atoms with Crippen molar-refractivity contribution in [3.63, 3.8) is 0 Å². The molecule has 1 aliphatic heterocycles. The van der Waals surface area contributed by atoms with Crippen LogP contribution in [-0.4, -0.2) is 23.0 Å². The van der Waals surface area contributed by atoms with Crippen molar-refractivity contribution in [2.75, 3.05) is 13.1 Å². The summed E-state index contributed by atoms with van der Waals surface area (Å²) in [7, 11) is 0. The lowest BCUT2D eigenvalue weighted by atomic mass is 9.99. The van der Waals surface area contributed by atoms with Gasteiger partial charge in [-0.3, -0.25) is 9.69 Å². The van der Waals surface area contributed by atoms with E-state index in [1.165, 1.54) is 12.8 Å². The lowest BCUT2D eigenvalue weighted by molar-refractivity contribution is 0.176. The zero-order chi connectivity index (χ0) is 18.8. The Bertz CT molecular complexity index is 994. The number of aryl methyl sites for hydroxylation is 1. The Morgan fingerprint density at radius 2 is 1.96 bits per heavy atom. The van der Waals surface area contributed by atoms with Gasteiger partial charge in [0.2, 0.25) is 0 Å². The topological polar surface area (TPSA) is 45.3 Å². The van der Waals surface area contributed by atoms with E-state index in [0.717, 1.165) is 35.6 Å². The highest BCUT2D eigenvalue weighted by Crippen LogP contribution is 2.25. The highest BCUT2D eigenvalue weighted by atomic mass is 16.5.